The average molecular weight is 548 g/mol. The van der Waals surface area contributed by atoms with Crippen molar-refractivity contribution < 1.29 is 32.6 Å². The molecule has 0 saturated carbocycles. The van der Waals surface area contributed by atoms with Crippen molar-refractivity contribution in [3.8, 4) is 5.75 Å². The topological polar surface area (TPSA) is 187 Å². The Bertz CT molecular complexity index is 1230. The molecule has 38 heavy (non-hydrogen) atoms. The zero-order valence-corrected chi connectivity index (χ0v) is 21.9. The van der Waals surface area contributed by atoms with E-state index in [0.29, 0.717) is 42.9 Å². The highest BCUT2D eigenvalue weighted by Crippen LogP contribution is 2.23. The van der Waals surface area contributed by atoms with Gasteiger partial charge in [-0.2, -0.15) is 0 Å². The van der Waals surface area contributed by atoms with E-state index in [1.165, 1.54) is 4.90 Å². The van der Waals surface area contributed by atoms with Gasteiger partial charge in [0.05, 0.1) is 18.8 Å². The van der Waals surface area contributed by atoms with Crippen LogP contribution < -0.4 is 25.8 Å². The summed E-state index contributed by atoms with van der Waals surface area (Å²) in [4.78, 5) is 29.4. The van der Waals surface area contributed by atoms with Crippen molar-refractivity contribution in [1.82, 2.24) is 4.72 Å². The third kappa shape index (κ3) is 8.63. The molecule has 2 unspecified atom stereocenters. The molecule has 2 aromatic rings. The van der Waals surface area contributed by atoms with Gasteiger partial charge in [-0.1, -0.05) is 37.6 Å². The van der Waals surface area contributed by atoms with Crippen LogP contribution in [0.5, 0.6) is 5.75 Å². The summed E-state index contributed by atoms with van der Waals surface area (Å²) in [6, 6.07) is 12.6. The molecule has 2 aromatic carbocycles. The lowest BCUT2D eigenvalue weighted by molar-refractivity contribution is -0.138. The molecular weight excluding hydrogens is 514 g/mol. The highest BCUT2D eigenvalue weighted by Gasteiger charge is 2.33. The molecule has 3 rings (SSSR count). The molecule has 0 spiro atoms. The Morgan fingerprint density at radius 1 is 1.18 bits per heavy atom. The van der Waals surface area contributed by atoms with Crippen LogP contribution in [0.1, 0.15) is 30.9 Å². The minimum atomic E-state index is -3.69. The third-order valence-electron chi connectivity index (χ3n) is 5.75. The van der Waals surface area contributed by atoms with Crippen molar-refractivity contribution in [1.29, 1.82) is 0 Å². The summed E-state index contributed by atoms with van der Waals surface area (Å²) in [5.41, 5.74) is 12.9. The maximum absolute atomic E-state index is 12.4. The van der Waals surface area contributed by atoms with Crippen LogP contribution in [-0.4, -0.2) is 62.6 Å². The monoisotopic (exact) mass is 547 g/mol. The summed E-state index contributed by atoms with van der Waals surface area (Å²) in [6.45, 7) is 2.63. The molecule has 0 aliphatic carbocycles. The number of carbonyl (C=O) groups is 2. The second kappa shape index (κ2) is 13.1. The Balaban J connectivity index is 1.51. The van der Waals surface area contributed by atoms with Crippen molar-refractivity contribution >= 4 is 33.7 Å². The van der Waals surface area contributed by atoms with Crippen LogP contribution in [0.4, 0.5) is 10.5 Å². The number of carboxylic acid groups (broad SMARTS) is 1. The van der Waals surface area contributed by atoms with Gasteiger partial charge in [-0.25, -0.2) is 22.9 Å². The molecule has 1 amide bonds. The number of sulfonamides is 1. The molecule has 2 atom stereocenters. The molecule has 0 radical (unpaired) electrons. The Hall–Kier alpha value is -3.84. The molecule has 13 heteroatoms. The van der Waals surface area contributed by atoms with E-state index in [2.05, 4.69) is 9.71 Å². The van der Waals surface area contributed by atoms with Crippen LogP contribution in [0, 0.1) is 0 Å². The fourth-order valence-electron chi connectivity index (χ4n) is 3.72. The first-order valence-corrected chi connectivity index (χ1v) is 13.8. The number of guanidine groups is 1. The fourth-order valence-corrected chi connectivity index (χ4v) is 5.12. The first kappa shape index (κ1) is 28.7. The van der Waals surface area contributed by atoms with Crippen LogP contribution >= 0.6 is 0 Å². The summed E-state index contributed by atoms with van der Waals surface area (Å²) in [7, 11) is -3.69. The van der Waals surface area contributed by atoms with Gasteiger partial charge < -0.3 is 26.0 Å². The van der Waals surface area contributed by atoms with Crippen LogP contribution in [-0.2, 0) is 32.5 Å². The van der Waals surface area contributed by atoms with Gasteiger partial charge in [0.2, 0.25) is 10.0 Å². The van der Waals surface area contributed by atoms with E-state index in [1.54, 1.807) is 36.4 Å². The summed E-state index contributed by atoms with van der Waals surface area (Å²) < 4.78 is 37.7. The lowest BCUT2D eigenvalue weighted by atomic mass is 10.1. The van der Waals surface area contributed by atoms with Crippen molar-refractivity contribution in [3.63, 3.8) is 0 Å². The predicted molar refractivity (Wildman–Crippen MR) is 142 cm³/mol. The molecule has 206 valence electrons. The number of carboxylic acids is 1. The first-order chi connectivity index (χ1) is 18.1. The van der Waals surface area contributed by atoms with E-state index in [-0.39, 0.29) is 24.7 Å². The number of nitrogens with two attached hydrogens (primary N) is 2. The first-order valence-electron chi connectivity index (χ1n) is 12.1. The molecular formula is C25H33N5O7S. The number of hydrogen-bond acceptors (Lipinski definition) is 7. The Labute approximate surface area is 221 Å². The average Bonchev–Trinajstić information content (AvgIpc) is 3.26. The minimum absolute atomic E-state index is 0.00407. The fraction of sp³-hybridized carbons (Fsp3) is 0.400. The van der Waals surface area contributed by atoms with E-state index < -0.39 is 34.2 Å². The number of carbonyl (C=O) groups excluding carboxylic acids is 1. The molecule has 1 aliphatic heterocycles. The number of nitrogens with zero attached hydrogens (tertiary/aromatic N) is 2. The zero-order valence-electron chi connectivity index (χ0n) is 21.1. The van der Waals surface area contributed by atoms with Gasteiger partial charge in [0.15, 0.2) is 12.1 Å². The van der Waals surface area contributed by atoms with Crippen molar-refractivity contribution in [2.24, 2.45) is 16.5 Å². The maximum Gasteiger partial charge on any atom is 0.414 e. The number of aliphatic imine (C=N–C) groups is 1. The molecule has 6 N–H and O–H groups in total. The molecule has 1 fully saturated rings. The predicted octanol–water partition coefficient (Wildman–Crippen LogP) is 1.58. The number of rotatable bonds is 14. The van der Waals surface area contributed by atoms with Gasteiger partial charge >= 0.3 is 12.1 Å². The van der Waals surface area contributed by atoms with Gasteiger partial charge in [-0.05, 0) is 48.2 Å². The number of anilines is 1. The quantitative estimate of drug-likeness (QED) is 0.201. The molecule has 0 bridgehead atoms. The van der Waals surface area contributed by atoms with Crippen molar-refractivity contribution in [3.05, 3.63) is 59.7 Å². The normalized spacial score (nSPS) is 16.1. The smallest absolute Gasteiger partial charge is 0.414 e. The van der Waals surface area contributed by atoms with E-state index >= 15 is 0 Å². The number of nitrogens with one attached hydrogen (secondary N) is 1. The van der Waals surface area contributed by atoms with Crippen LogP contribution in [0.2, 0.25) is 0 Å². The highest BCUT2D eigenvalue weighted by molar-refractivity contribution is 7.89. The number of aliphatic carboxylic acids is 1. The largest absolute Gasteiger partial charge is 0.490 e. The second-order valence-electron chi connectivity index (χ2n) is 8.86. The number of cyclic esters (lactones) is 1. The lowest BCUT2D eigenvalue weighted by Gasteiger charge is -2.15. The SMILES string of the molecule is CCCCS(=O)(=O)NC(Cc1ccc(OCC2CN(c3ccc(CN=C(N)N)cc3)C(=O)O2)cc1)C(=O)O. The standard InChI is InChI=1S/C25H33N5O7S/c1-2-3-12-38(34,35)29-22(23(31)32)13-17-6-10-20(11-7-17)36-16-21-15-30(25(33)37-21)19-8-4-18(5-9-19)14-28-24(26)27/h4-11,21-22,29H,2-3,12-16H2,1H3,(H,31,32)(H4,26,27,28). The highest BCUT2D eigenvalue weighted by atomic mass is 32.2. The second-order valence-corrected chi connectivity index (χ2v) is 10.7. The Morgan fingerprint density at radius 2 is 1.84 bits per heavy atom. The number of benzene rings is 2. The summed E-state index contributed by atoms with van der Waals surface area (Å²) in [5.74, 6) is -0.859. The number of hydrogen-bond donors (Lipinski definition) is 4. The number of ether oxygens (including phenoxy) is 2. The van der Waals surface area contributed by atoms with Crippen LogP contribution in [0.15, 0.2) is 53.5 Å². The van der Waals surface area contributed by atoms with Crippen molar-refractivity contribution in [2.75, 3.05) is 23.8 Å². The molecule has 1 saturated heterocycles. The number of unbranched alkanes of at least 4 members (excludes halogenated alkanes) is 1. The van der Waals surface area contributed by atoms with Crippen molar-refractivity contribution in [2.45, 2.75) is 44.9 Å². The van der Waals surface area contributed by atoms with Gasteiger partial charge in [-0.3, -0.25) is 9.69 Å². The third-order valence-corrected chi connectivity index (χ3v) is 7.22. The van der Waals surface area contributed by atoms with Gasteiger partial charge in [0.25, 0.3) is 0 Å². The van der Waals surface area contributed by atoms with Crippen LogP contribution in [0.25, 0.3) is 0 Å². The lowest BCUT2D eigenvalue weighted by Crippen LogP contribution is -2.43. The Kier molecular flexibility index (Phi) is 9.91. The summed E-state index contributed by atoms with van der Waals surface area (Å²) in [5, 5.41) is 9.45. The summed E-state index contributed by atoms with van der Waals surface area (Å²) in [6.07, 6.45) is 0.160. The number of amides is 1. The summed E-state index contributed by atoms with van der Waals surface area (Å²) >= 11 is 0. The van der Waals surface area contributed by atoms with Gasteiger partial charge in [0.1, 0.15) is 18.4 Å². The van der Waals surface area contributed by atoms with Gasteiger partial charge in [-0.15, -0.1) is 0 Å². The van der Waals surface area contributed by atoms with E-state index in [4.69, 9.17) is 20.9 Å². The van der Waals surface area contributed by atoms with E-state index in [0.717, 1.165) is 5.56 Å². The van der Waals surface area contributed by atoms with Crippen LogP contribution in [0.3, 0.4) is 0 Å². The van der Waals surface area contributed by atoms with E-state index in [1.807, 2.05) is 19.1 Å². The molecule has 12 nitrogen and oxygen atoms in total. The maximum atomic E-state index is 12.4. The van der Waals surface area contributed by atoms with E-state index in [9.17, 15) is 23.1 Å². The Morgan fingerprint density at radius 3 is 2.45 bits per heavy atom. The van der Waals surface area contributed by atoms with Gasteiger partial charge in [0, 0.05) is 5.69 Å². The minimum Gasteiger partial charge on any atom is -0.490 e. The molecule has 1 aliphatic rings. The molecule has 0 aromatic heterocycles. The zero-order chi connectivity index (χ0) is 27.7. The molecule has 1 heterocycles.